The van der Waals surface area contributed by atoms with Crippen molar-refractivity contribution in [1.29, 1.82) is 0 Å². The maximum absolute atomic E-state index is 11.2. The molecule has 6 heteroatoms. The monoisotopic (exact) mass is 371 g/mol. The molecule has 0 aromatic carbocycles. The first-order chi connectivity index (χ1) is 12.5. The van der Waals surface area contributed by atoms with E-state index in [1.54, 1.807) is 6.92 Å². The molecule has 0 bridgehead atoms. The smallest absolute Gasteiger partial charge is 0.305 e. The molecule has 0 heterocycles. The highest BCUT2D eigenvalue weighted by Gasteiger charge is 2.27. The van der Waals surface area contributed by atoms with Gasteiger partial charge in [0.25, 0.3) is 0 Å². The predicted octanol–water partition coefficient (Wildman–Crippen LogP) is 4.81. The van der Waals surface area contributed by atoms with Gasteiger partial charge in [-0.15, -0.1) is 0 Å². The summed E-state index contributed by atoms with van der Waals surface area (Å²) in [6, 6.07) is -0.916. The second-order valence-electron chi connectivity index (χ2n) is 6.73. The first-order valence-electron chi connectivity index (χ1n) is 10.1. The fourth-order valence-electron chi connectivity index (χ4n) is 2.83. The van der Waals surface area contributed by atoms with Crippen LogP contribution in [-0.2, 0) is 9.53 Å². The topological polar surface area (TPSA) is 89.7 Å². The Balaban J connectivity index is 3.85. The van der Waals surface area contributed by atoms with Crippen LogP contribution in [0.2, 0.25) is 0 Å². The van der Waals surface area contributed by atoms with Crippen LogP contribution in [0.5, 0.6) is 0 Å². The fourth-order valence-corrected chi connectivity index (χ4v) is 2.83. The first-order valence-corrected chi connectivity index (χ1v) is 10.1. The lowest BCUT2D eigenvalue weighted by atomic mass is 10.0. The van der Waals surface area contributed by atoms with Crippen molar-refractivity contribution in [3.05, 3.63) is 22.3 Å². The Bertz CT molecular complexity index is 398. The Morgan fingerprint density at radius 2 is 1.77 bits per heavy atom. The van der Waals surface area contributed by atoms with Crippen molar-refractivity contribution in [2.45, 2.75) is 103 Å². The average Bonchev–Trinajstić information content (AvgIpc) is 2.60. The minimum atomic E-state index is -0.916. The van der Waals surface area contributed by atoms with E-state index >= 15 is 0 Å². The molecule has 152 valence electrons. The second-order valence-corrected chi connectivity index (χ2v) is 6.73. The minimum absolute atomic E-state index is 0.153. The van der Waals surface area contributed by atoms with E-state index in [1.807, 2.05) is 12.2 Å². The van der Waals surface area contributed by atoms with Crippen molar-refractivity contribution in [2.24, 2.45) is 0 Å². The molecule has 0 saturated carbocycles. The van der Waals surface area contributed by atoms with E-state index < -0.39 is 12.1 Å². The Kier molecular flexibility index (Phi) is 16.1. The predicted molar refractivity (Wildman–Crippen MR) is 104 cm³/mol. The van der Waals surface area contributed by atoms with E-state index in [4.69, 9.17) is 4.74 Å². The Morgan fingerprint density at radius 3 is 2.42 bits per heavy atom. The standard InChI is InChI=1S/C20H37NO5/c1-3-5-6-7-9-12-15-18(21(24)25)19(22)16-13-10-8-11-14-17-20(23)26-4-2/h9,12,18-19,22H,3-8,10-11,13-17H2,1-2H3/b12-9-. The lowest BCUT2D eigenvalue weighted by Crippen LogP contribution is -2.33. The van der Waals surface area contributed by atoms with Crippen molar-refractivity contribution in [1.82, 2.24) is 0 Å². The van der Waals surface area contributed by atoms with E-state index in [-0.39, 0.29) is 10.9 Å². The molecule has 2 unspecified atom stereocenters. The van der Waals surface area contributed by atoms with Crippen molar-refractivity contribution >= 4 is 5.97 Å². The highest BCUT2D eigenvalue weighted by Crippen LogP contribution is 2.14. The number of hydrogen-bond donors (Lipinski definition) is 1. The van der Waals surface area contributed by atoms with E-state index in [1.165, 1.54) is 6.42 Å². The normalized spacial score (nSPS) is 13.7. The molecule has 0 fully saturated rings. The summed E-state index contributed by atoms with van der Waals surface area (Å²) < 4.78 is 4.87. The third-order valence-electron chi connectivity index (χ3n) is 4.42. The van der Waals surface area contributed by atoms with Crippen LogP contribution in [0.1, 0.15) is 90.9 Å². The van der Waals surface area contributed by atoms with E-state index in [0.29, 0.717) is 25.9 Å². The molecule has 0 saturated heterocycles. The SMILES string of the molecule is CCCCC/C=C\CC(C(O)CCCCCCCC(=O)OCC)[N+](=O)[O-]. The number of esters is 1. The summed E-state index contributed by atoms with van der Waals surface area (Å²) in [4.78, 5) is 22.0. The second kappa shape index (κ2) is 17.0. The summed E-state index contributed by atoms with van der Waals surface area (Å²) in [5, 5.41) is 21.3. The number of carbonyl (C=O) groups excluding carboxylic acids is 1. The quantitative estimate of drug-likeness (QED) is 0.130. The first kappa shape index (κ1) is 24.6. The number of allylic oxidation sites excluding steroid dienone is 1. The Morgan fingerprint density at radius 1 is 1.08 bits per heavy atom. The van der Waals surface area contributed by atoms with Gasteiger partial charge in [0.05, 0.1) is 6.61 Å². The Labute approximate surface area is 158 Å². The van der Waals surface area contributed by atoms with Gasteiger partial charge in [-0.2, -0.15) is 0 Å². The number of aliphatic hydroxyl groups is 1. The van der Waals surface area contributed by atoms with Gasteiger partial charge in [-0.05, 0) is 32.6 Å². The maximum atomic E-state index is 11.2. The number of hydrogen-bond acceptors (Lipinski definition) is 5. The zero-order valence-electron chi connectivity index (χ0n) is 16.5. The van der Waals surface area contributed by atoms with Crippen LogP contribution in [-0.4, -0.2) is 34.8 Å². The summed E-state index contributed by atoms with van der Waals surface area (Å²) in [5.74, 6) is -0.153. The third kappa shape index (κ3) is 13.8. The fraction of sp³-hybridized carbons (Fsp3) is 0.850. The number of nitrogens with zero attached hydrogens (tertiary/aromatic N) is 1. The summed E-state index contributed by atoms with van der Waals surface area (Å²) in [7, 11) is 0. The van der Waals surface area contributed by atoms with E-state index in [9.17, 15) is 20.0 Å². The van der Waals surface area contributed by atoms with Crippen LogP contribution in [0.3, 0.4) is 0 Å². The molecule has 0 amide bonds. The van der Waals surface area contributed by atoms with Crippen molar-refractivity contribution in [3.63, 3.8) is 0 Å². The van der Waals surface area contributed by atoms with E-state index in [0.717, 1.165) is 51.4 Å². The van der Waals surface area contributed by atoms with E-state index in [2.05, 4.69) is 6.92 Å². The van der Waals surface area contributed by atoms with Crippen molar-refractivity contribution < 1.29 is 19.6 Å². The molecule has 6 nitrogen and oxygen atoms in total. The third-order valence-corrected chi connectivity index (χ3v) is 4.42. The molecule has 2 atom stereocenters. The Hall–Kier alpha value is -1.43. The van der Waals surface area contributed by atoms with Crippen LogP contribution in [0.4, 0.5) is 0 Å². The number of carbonyl (C=O) groups is 1. The molecule has 0 aliphatic heterocycles. The van der Waals surface area contributed by atoms with Gasteiger partial charge in [-0.25, -0.2) is 0 Å². The number of rotatable bonds is 17. The van der Waals surface area contributed by atoms with Crippen LogP contribution in [0.15, 0.2) is 12.2 Å². The molecule has 0 spiro atoms. The van der Waals surface area contributed by atoms with Crippen LogP contribution >= 0.6 is 0 Å². The molecule has 0 aromatic rings. The van der Waals surface area contributed by atoms with Gasteiger partial charge in [0, 0.05) is 17.8 Å². The summed E-state index contributed by atoms with van der Waals surface area (Å²) >= 11 is 0. The van der Waals surface area contributed by atoms with Crippen LogP contribution in [0.25, 0.3) is 0 Å². The lowest BCUT2D eigenvalue weighted by molar-refractivity contribution is -0.533. The highest BCUT2D eigenvalue weighted by molar-refractivity contribution is 5.69. The summed E-state index contributed by atoms with van der Waals surface area (Å²) in [5.41, 5.74) is 0. The average molecular weight is 372 g/mol. The molecule has 0 rings (SSSR count). The molecule has 0 aromatic heterocycles. The van der Waals surface area contributed by atoms with Crippen molar-refractivity contribution in [3.8, 4) is 0 Å². The zero-order valence-corrected chi connectivity index (χ0v) is 16.5. The highest BCUT2D eigenvalue weighted by atomic mass is 16.6. The largest absolute Gasteiger partial charge is 0.466 e. The number of unbranched alkanes of at least 4 members (excludes halogenated alkanes) is 7. The molecule has 0 radical (unpaired) electrons. The summed E-state index contributed by atoms with van der Waals surface area (Å²) in [6.07, 6.45) is 12.9. The van der Waals surface area contributed by atoms with Gasteiger partial charge >= 0.3 is 5.97 Å². The van der Waals surface area contributed by atoms with Gasteiger partial charge in [0.2, 0.25) is 6.04 Å². The molecule has 26 heavy (non-hydrogen) atoms. The van der Waals surface area contributed by atoms with Gasteiger partial charge < -0.3 is 9.84 Å². The molecule has 0 aliphatic carbocycles. The summed E-state index contributed by atoms with van der Waals surface area (Å²) in [6.45, 7) is 4.36. The number of ether oxygens (including phenoxy) is 1. The lowest BCUT2D eigenvalue weighted by Gasteiger charge is -2.14. The van der Waals surface area contributed by atoms with Gasteiger partial charge in [0.1, 0.15) is 6.10 Å². The van der Waals surface area contributed by atoms with Crippen LogP contribution < -0.4 is 0 Å². The number of aliphatic hydroxyl groups excluding tert-OH is 1. The molecule has 0 aliphatic rings. The zero-order chi connectivity index (χ0) is 19.6. The molecular formula is C20H37NO5. The van der Waals surface area contributed by atoms with Crippen molar-refractivity contribution in [2.75, 3.05) is 6.61 Å². The minimum Gasteiger partial charge on any atom is -0.466 e. The van der Waals surface area contributed by atoms with Gasteiger partial charge in [-0.3, -0.25) is 14.9 Å². The van der Waals surface area contributed by atoms with Gasteiger partial charge in [-0.1, -0.05) is 57.6 Å². The number of nitro groups is 1. The molecule has 1 N–H and O–H groups in total. The maximum Gasteiger partial charge on any atom is 0.305 e. The molecular weight excluding hydrogens is 334 g/mol. The van der Waals surface area contributed by atoms with Crippen LogP contribution in [0, 0.1) is 10.1 Å². The van der Waals surface area contributed by atoms with Gasteiger partial charge in [0.15, 0.2) is 0 Å².